The van der Waals surface area contributed by atoms with Gasteiger partial charge in [-0.2, -0.15) is 5.10 Å². The first-order valence-electron chi connectivity index (χ1n) is 8.10. The molecule has 0 atom stereocenters. The minimum absolute atomic E-state index is 0.366. The molecule has 9 heteroatoms. The largest absolute Gasteiger partial charge is 0.353 e. The van der Waals surface area contributed by atoms with Crippen LogP contribution in [0.25, 0.3) is 0 Å². The van der Waals surface area contributed by atoms with Crippen LogP contribution < -0.4 is 16.1 Å². The number of nitrogens with one attached hydrogen (secondary N) is 3. The van der Waals surface area contributed by atoms with Gasteiger partial charge in [0.05, 0.1) is 41.0 Å². The second-order valence-corrected chi connectivity index (χ2v) is 6.18. The standard InChI is InChI=1S/C18H19ClN6O2/c1-11-8-17(25(2)23-11)22-16-9-15(13(19)10-20-16)21-14-7-5-4-6-12(14)18(26)24-27-3/h4-10H,1-3H3,(H,24,26)(H2,20,21,22). The van der Waals surface area contributed by atoms with E-state index in [9.17, 15) is 4.79 Å². The van der Waals surface area contributed by atoms with E-state index in [2.05, 4.69) is 26.2 Å². The van der Waals surface area contributed by atoms with Crippen LogP contribution >= 0.6 is 11.6 Å². The Hall–Kier alpha value is -3.10. The molecular weight excluding hydrogens is 368 g/mol. The minimum Gasteiger partial charge on any atom is -0.353 e. The minimum atomic E-state index is -0.366. The average molecular weight is 387 g/mol. The summed E-state index contributed by atoms with van der Waals surface area (Å²) in [6.07, 6.45) is 1.54. The van der Waals surface area contributed by atoms with E-state index in [1.54, 1.807) is 28.9 Å². The molecule has 0 spiro atoms. The molecule has 0 saturated carbocycles. The van der Waals surface area contributed by atoms with Crippen LogP contribution in [0.15, 0.2) is 42.6 Å². The number of halogens is 1. The van der Waals surface area contributed by atoms with Crippen molar-refractivity contribution in [3.8, 4) is 0 Å². The lowest BCUT2D eigenvalue weighted by Crippen LogP contribution is -2.22. The number of hydrogen-bond donors (Lipinski definition) is 3. The van der Waals surface area contributed by atoms with Crippen LogP contribution in [0.1, 0.15) is 16.1 Å². The van der Waals surface area contributed by atoms with E-state index in [1.165, 1.54) is 13.3 Å². The zero-order valence-corrected chi connectivity index (χ0v) is 15.8. The highest BCUT2D eigenvalue weighted by atomic mass is 35.5. The van der Waals surface area contributed by atoms with Crippen LogP contribution in [0.3, 0.4) is 0 Å². The lowest BCUT2D eigenvalue weighted by Gasteiger charge is -2.14. The highest BCUT2D eigenvalue weighted by Gasteiger charge is 2.13. The number of nitrogens with zero attached hydrogens (tertiary/aromatic N) is 3. The predicted octanol–water partition coefficient (Wildman–Crippen LogP) is 3.56. The molecule has 0 saturated heterocycles. The third-order valence-electron chi connectivity index (χ3n) is 3.75. The second kappa shape index (κ2) is 8.07. The van der Waals surface area contributed by atoms with E-state index >= 15 is 0 Å². The van der Waals surface area contributed by atoms with Gasteiger partial charge in [-0.15, -0.1) is 0 Å². The molecule has 1 aromatic carbocycles. The number of pyridine rings is 1. The molecule has 8 nitrogen and oxygen atoms in total. The Bertz CT molecular complexity index is 972. The smallest absolute Gasteiger partial charge is 0.276 e. The molecule has 27 heavy (non-hydrogen) atoms. The average Bonchev–Trinajstić information content (AvgIpc) is 2.95. The first-order valence-corrected chi connectivity index (χ1v) is 8.48. The van der Waals surface area contributed by atoms with Crippen molar-refractivity contribution >= 4 is 40.5 Å². The summed E-state index contributed by atoms with van der Waals surface area (Å²) in [5.41, 5.74) is 4.81. The molecule has 0 aliphatic rings. The topological polar surface area (TPSA) is 93.1 Å². The van der Waals surface area contributed by atoms with Crippen molar-refractivity contribution in [1.82, 2.24) is 20.2 Å². The maximum absolute atomic E-state index is 12.1. The monoisotopic (exact) mass is 386 g/mol. The Kier molecular flexibility index (Phi) is 5.58. The maximum atomic E-state index is 12.1. The van der Waals surface area contributed by atoms with Gasteiger partial charge in [0.15, 0.2) is 0 Å². The summed E-state index contributed by atoms with van der Waals surface area (Å²) in [5.74, 6) is 1.02. The summed E-state index contributed by atoms with van der Waals surface area (Å²) >= 11 is 6.28. The molecule has 3 N–H and O–H groups in total. The highest BCUT2D eigenvalue weighted by Crippen LogP contribution is 2.29. The molecular formula is C18H19ClN6O2. The molecule has 0 radical (unpaired) electrons. The van der Waals surface area contributed by atoms with E-state index in [1.807, 2.05) is 26.1 Å². The molecule has 1 amide bonds. The number of rotatable bonds is 6. The predicted molar refractivity (Wildman–Crippen MR) is 105 cm³/mol. The molecule has 140 valence electrons. The fourth-order valence-electron chi connectivity index (χ4n) is 2.54. The number of aromatic nitrogens is 3. The lowest BCUT2D eigenvalue weighted by atomic mass is 10.1. The van der Waals surface area contributed by atoms with E-state index in [4.69, 9.17) is 16.4 Å². The Morgan fingerprint density at radius 1 is 1.19 bits per heavy atom. The second-order valence-electron chi connectivity index (χ2n) is 5.77. The molecule has 2 heterocycles. The van der Waals surface area contributed by atoms with Crippen molar-refractivity contribution < 1.29 is 9.63 Å². The molecule has 0 fully saturated rings. The van der Waals surface area contributed by atoms with Crippen molar-refractivity contribution in [3.63, 3.8) is 0 Å². The van der Waals surface area contributed by atoms with E-state index < -0.39 is 0 Å². The molecule has 3 aromatic rings. The number of hydroxylamine groups is 1. The molecule has 2 aromatic heterocycles. The van der Waals surface area contributed by atoms with E-state index in [-0.39, 0.29) is 5.91 Å². The number of para-hydroxylation sites is 1. The number of benzene rings is 1. The number of carbonyl (C=O) groups excluding carboxylic acids is 1. The SMILES string of the molecule is CONC(=O)c1ccccc1Nc1cc(Nc2cc(C)nn2C)ncc1Cl. The lowest BCUT2D eigenvalue weighted by molar-refractivity contribution is 0.0538. The third kappa shape index (κ3) is 4.36. The molecule has 3 rings (SSSR count). The number of anilines is 4. The van der Waals surface area contributed by atoms with Gasteiger partial charge in [-0.05, 0) is 19.1 Å². The fourth-order valence-corrected chi connectivity index (χ4v) is 2.70. The molecule has 0 bridgehead atoms. The molecule has 0 unspecified atom stereocenters. The van der Waals surface area contributed by atoms with E-state index in [0.717, 1.165) is 11.5 Å². The van der Waals surface area contributed by atoms with Gasteiger partial charge in [0, 0.05) is 19.2 Å². The Labute approximate surface area is 161 Å². The van der Waals surface area contributed by atoms with Crippen molar-refractivity contribution in [2.45, 2.75) is 6.92 Å². The first kappa shape index (κ1) is 18.7. The number of carbonyl (C=O) groups is 1. The Morgan fingerprint density at radius 3 is 2.67 bits per heavy atom. The van der Waals surface area contributed by atoms with Gasteiger partial charge >= 0.3 is 0 Å². The summed E-state index contributed by atoms with van der Waals surface area (Å²) in [4.78, 5) is 21.1. The Morgan fingerprint density at radius 2 is 1.96 bits per heavy atom. The van der Waals surface area contributed by atoms with Crippen LogP contribution in [-0.2, 0) is 11.9 Å². The van der Waals surface area contributed by atoms with Gasteiger partial charge in [0.2, 0.25) is 0 Å². The number of amides is 1. The van der Waals surface area contributed by atoms with Crippen molar-refractivity contribution in [2.24, 2.45) is 7.05 Å². The van der Waals surface area contributed by atoms with Crippen LogP contribution in [0, 0.1) is 6.92 Å². The fraction of sp³-hybridized carbons (Fsp3) is 0.167. The molecule has 0 aliphatic heterocycles. The number of aryl methyl sites for hydroxylation is 2. The van der Waals surface area contributed by atoms with Crippen molar-refractivity contribution in [2.75, 3.05) is 17.7 Å². The zero-order chi connectivity index (χ0) is 19.4. The Balaban J connectivity index is 1.88. The van der Waals surface area contributed by atoms with Crippen molar-refractivity contribution in [3.05, 3.63) is 58.9 Å². The van der Waals surface area contributed by atoms with Gasteiger partial charge in [-0.1, -0.05) is 23.7 Å². The van der Waals surface area contributed by atoms with Gasteiger partial charge < -0.3 is 10.6 Å². The number of hydrogen-bond acceptors (Lipinski definition) is 6. The first-order chi connectivity index (χ1) is 13.0. The summed E-state index contributed by atoms with van der Waals surface area (Å²) in [6.45, 7) is 1.91. The summed E-state index contributed by atoms with van der Waals surface area (Å²) in [6, 6.07) is 10.7. The maximum Gasteiger partial charge on any atom is 0.276 e. The summed E-state index contributed by atoms with van der Waals surface area (Å²) in [7, 11) is 3.22. The van der Waals surface area contributed by atoms with E-state index in [0.29, 0.717) is 27.8 Å². The summed E-state index contributed by atoms with van der Waals surface area (Å²) in [5, 5.41) is 11.1. The zero-order valence-electron chi connectivity index (χ0n) is 15.1. The van der Waals surface area contributed by atoms with Crippen LogP contribution in [0.2, 0.25) is 5.02 Å². The van der Waals surface area contributed by atoms with Gasteiger partial charge in [0.1, 0.15) is 11.6 Å². The normalized spacial score (nSPS) is 10.5. The third-order valence-corrected chi connectivity index (χ3v) is 4.05. The van der Waals surface area contributed by atoms with Gasteiger partial charge in [-0.25, -0.2) is 10.5 Å². The highest BCUT2D eigenvalue weighted by molar-refractivity contribution is 6.33. The van der Waals surface area contributed by atoms with Crippen LogP contribution in [-0.4, -0.2) is 27.8 Å². The quantitative estimate of drug-likeness (QED) is 0.561. The van der Waals surface area contributed by atoms with Gasteiger partial charge in [-0.3, -0.25) is 14.3 Å². The van der Waals surface area contributed by atoms with Crippen LogP contribution in [0.4, 0.5) is 23.0 Å². The molecule has 0 aliphatic carbocycles. The van der Waals surface area contributed by atoms with Gasteiger partial charge in [0.25, 0.3) is 5.91 Å². The van der Waals surface area contributed by atoms with Crippen molar-refractivity contribution in [1.29, 1.82) is 0 Å². The van der Waals surface area contributed by atoms with Crippen LogP contribution in [0.5, 0.6) is 0 Å². The summed E-state index contributed by atoms with van der Waals surface area (Å²) < 4.78 is 1.73.